The molecule has 0 amide bonds. The predicted octanol–water partition coefficient (Wildman–Crippen LogP) is 2.06. The third kappa shape index (κ3) is 4.98. The normalized spacial score (nSPS) is 13.9. The number of hydrogen-bond acceptors (Lipinski definition) is 8. The average Bonchev–Trinajstić information content (AvgIpc) is 2.79. The molecule has 0 saturated carbocycles. The number of nitrogens with two attached hydrogens (primary N) is 1. The number of pyridine rings is 1. The Kier molecular flexibility index (Phi) is 6.13. The van der Waals surface area contributed by atoms with Crippen LogP contribution in [0.5, 0.6) is 0 Å². The van der Waals surface area contributed by atoms with Crippen molar-refractivity contribution < 1.29 is 0 Å². The zero-order valence-corrected chi connectivity index (χ0v) is 16.3. The van der Waals surface area contributed by atoms with Crippen molar-refractivity contribution in [2.75, 3.05) is 54.8 Å². The molecule has 1 aliphatic heterocycles. The molecule has 4 rings (SSSR count). The molecule has 8 heteroatoms. The highest BCUT2D eigenvalue weighted by molar-refractivity contribution is 5.63. The van der Waals surface area contributed by atoms with Crippen LogP contribution in [0.3, 0.4) is 0 Å². The Labute approximate surface area is 170 Å². The Hall–Kier alpha value is -3.23. The van der Waals surface area contributed by atoms with Crippen LogP contribution in [0.15, 0.2) is 54.9 Å². The Bertz CT molecular complexity index is 905. The summed E-state index contributed by atoms with van der Waals surface area (Å²) in [4.78, 5) is 15.8. The van der Waals surface area contributed by atoms with Gasteiger partial charge in [0.2, 0.25) is 5.95 Å². The summed E-state index contributed by atoms with van der Waals surface area (Å²) < 4.78 is 0. The zero-order chi connectivity index (χ0) is 19.9. The third-order valence-electron chi connectivity index (χ3n) is 4.77. The molecule has 0 unspecified atom stereocenters. The van der Waals surface area contributed by atoms with Crippen LogP contribution < -0.4 is 26.6 Å². The summed E-state index contributed by atoms with van der Waals surface area (Å²) in [5, 5.41) is 9.82. The highest BCUT2D eigenvalue weighted by Crippen LogP contribution is 2.22. The predicted molar refractivity (Wildman–Crippen MR) is 118 cm³/mol. The van der Waals surface area contributed by atoms with Gasteiger partial charge in [-0.3, -0.25) is 0 Å². The molecule has 0 radical (unpaired) electrons. The molecular weight excluding hydrogens is 364 g/mol. The molecule has 1 aromatic carbocycles. The summed E-state index contributed by atoms with van der Waals surface area (Å²) >= 11 is 0. The lowest BCUT2D eigenvalue weighted by molar-refractivity contribution is 0.589. The molecule has 0 bridgehead atoms. The van der Waals surface area contributed by atoms with Crippen molar-refractivity contribution in [2.24, 2.45) is 5.73 Å². The summed E-state index contributed by atoms with van der Waals surface area (Å²) in [5.74, 6) is 1.36. The van der Waals surface area contributed by atoms with Gasteiger partial charge >= 0.3 is 0 Å². The van der Waals surface area contributed by atoms with Crippen molar-refractivity contribution in [3.8, 4) is 11.3 Å². The van der Waals surface area contributed by atoms with Crippen molar-refractivity contribution in [3.05, 3.63) is 54.9 Å². The molecule has 0 aliphatic carbocycles. The smallest absolute Gasteiger partial charge is 0.227 e. The number of benzene rings is 1. The maximum Gasteiger partial charge on any atom is 0.227 e. The first-order chi connectivity index (χ1) is 14.3. The molecule has 1 aliphatic rings. The highest BCUT2D eigenvalue weighted by Gasteiger charge is 2.10. The lowest BCUT2D eigenvalue weighted by Gasteiger charge is -2.29. The fraction of sp³-hybridized carbons (Fsp3) is 0.286. The van der Waals surface area contributed by atoms with Crippen molar-refractivity contribution >= 4 is 23.1 Å². The lowest BCUT2D eigenvalue weighted by atomic mass is 10.2. The van der Waals surface area contributed by atoms with E-state index in [-0.39, 0.29) is 0 Å². The minimum absolute atomic E-state index is 0.558. The molecule has 3 aromatic rings. The topological polar surface area (TPSA) is 104 Å². The van der Waals surface area contributed by atoms with E-state index in [4.69, 9.17) is 5.73 Å². The van der Waals surface area contributed by atoms with Crippen LogP contribution in [0.1, 0.15) is 0 Å². The standard InChI is InChI=1S/C21H26N8/c22-8-10-24-20-6-1-16(15-26-20)19-7-9-25-21(28-19)27-17-2-4-18(5-3-17)29-13-11-23-12-14-29/h1-7,9,15,23H,8,10-14,22H2,(H,24,26)(H,25,27,28). The lowest BCUT2D eigenvalue weighted by Crippen LogP contribution is -2.43. The number of hydrogen-bond donors (Lipinski definition) is 4. The second-order valence-electron chi connectivity index (χ2n) is 6.82. The SMILES string of the molecule is NCCNc1ccc(-c2ccnc(Nc3ccc(N4CCNCC4)cc3)n2)cn1. The van der Waals surface area contributed by atoms with Gasteiger partial charge in [-0.2, -0.15) is 0 Å². The van der Waals surface area contributed by atoms with Crippen LogP contribution in [0.2, 0.25) is 0 Å². The van der Waals surface area contributed by atoms with E-state index in [0.717, 1.165) is 48.9 Å². The molecule has 0 atom stereocenters. The van der Waals surface area contributed by atoms with Crippen LogP contribution in [0.4, 0.5) is 23.1 Å². The van der Waals surface area contributed by atoms with Gasteiger partial charge in [0, 0.05) is 68.6 Å². The molecule has 5 N–H and O–H groups in total. The van der Waals surface area contributed by atoms with Gasteiger partial charge in [-0.25, -0.2) is 15.0 Å². The first kappa shape index (κ1) is 19.1. The van der Waals surface area contributed by atoms with Crippen molar-refractivity contribution in [3.63, 3.8) is 0 Å². The summed E-state index contributed by atoms with van der Waals surface area (Å²) in [6.45, 7) is 5.39. The number of nitrogens with one attached hydrogen (secondary N) is 3. The maximum atomic E-state index is 5.50. The fourth-order valence-corrected chi connectivity index (χ4v) is 3.24. The van der Waals surface area contributed by atoms with E-state index < -0.39 is 0 Å². The highest BCUT2D eigenvalue weighted by atomic mass is 15.2. The van der Waals surface area contributed by atoms with E-state index in [1.54, 1.807) is 12.4 Å². The largest absolute Gasteiger partial charge is 0.369 e. The quantitative estimate of drug-likeness (QED) is 0.486. The van der Waals surface area contributed by atoms with Crippen LogP contribution >= 0.6 is 0 Å². The first-order valence-electron chi connectivity index (χ1n) is 9.88. The Morgan fingerprint density at radius 3 is 2.55 bits per heavy atom. The van der Waals surface area contributed by atoms with Gasteiger partial charge < -0.3 is 26.6 Å². The average molecular weight is 390 g/mol. The summed E-state index contributed by atoms with van der Waals surface area (Å²) in [6.07, 6.45) is 3.55. The van der Waals surface area contributed by atoms with Gasteiger partial charge in [0.15, 0.2) is 0 Å². The number of rotatable bonds is 7. The molecule has 3 heterocycles. The van der Waals surface area contributed by atoms with E-state index >= 15 is 0 Å². The van der Waals surface area contributed by atoms with Gasteiger partial charge in [0.05, 0.1) is 5.69 Å². The molecule has 29 heavy (non-hydrogen) atoms. The van der Waals surface area contributed by atoms with E-state index in [9.17, 15) is 0 Å². The van der Waals surface area contributed by atoms with Crippen LogP contribution in [-0.2, 0) is 0 Å². The van der Waals surface area contributed by atoms with Crippen molar-refractivity contribution in [1.29, 1.82) is 0 Å². The second kappa shape index (κ2) is 9.31. The monoisotopic (exact) mass is 390 g/mol. The maximum absolute atomic E-state index is 5.50. The number of aromatic nitrogens is 3. The molecular formula is C21H26N8. The number of piperazine rings is 1. The van der Waals surface area contributed by atoms with Crippen LogP contribution in [0, 0.1) is 0 Å². The van der Waals surface area contributed by atoms with Crippen LogP contribution in [0.25, 0.3) is 11.3 Å². The van der Waals surface area contributed by atoms with Crippen LogP contribution in [-0.4, -0.2) is 54.2 Å². The van der Waals surface area contributed by atoms with Crippen molar-refractivity contribution in [2.45, 2.75) is 0 Å². The fourth-order valence-electron chi connectivity index (χ4n) is 3.24. The Morgan fingerprint density at radius 2 is 1.83 bits per heavy atom. The molecule has 0 spiro atoms. The Morgan fingerprint density at radius 1 is 1.00 bits per heavy atom. The molecule has 150 valence electrons. The van der Waals surface area contributed by atoms with E-state index in [0.29, 0.717) is 19.0 Å². The van der Waals surface area contributed by atoms with Gasteiger partial charge in [0.1, 0.15) is 5.82 Å². The van der Waals surface area contributed by atoms with Gasteiger partial charge in [-0.05, 0) is 42.5 Å². The summed E-state index contributed by atoms with van der Waals surface area (Å²) in [6, 6.07) is 14.2. The van der Waals surface area contributed by atoms with Gasteiger partial charge in [0.25, 0.3) is 0 Å². The summed E-state index contributed by atoms with van der Waals surface area (Å²) in [5.41, 5.74) is 9.45. The second-order valence-corrected chi connectivity index (χ2v) is 6.82. The van der Waals surface area contributed by atoms with E-state index in [1.165, 1.54) is 5.69 Å². The summed E-state index contributed by atoms with van der Waals surface area (Å²) in [7, 11) is 0. The zero-order valence-electron chi connectivity index (χ0n) is 16.3. The molecule has 2 aromatic heterocycles. The molecule has 1 saturated heterocycles. The Balaban J connectivity index is 1.43. The number of anilines is 4. The molecule has 1 fully saturated rings. The van der Waals surface area contributed by atoms with Gasteiger partial charge in [-0.15, -0.1) is 0 Å². The first-order valence-corrected chi connectivity index (χ1v) is 9.88. The number of nitrogens with zero attached hydrogens (tertiary/aromatic N) is 4. The van der Waals surface area contributed by atoms with E-state index in [1.807, 2.05) is 18.2 Å². The third-order valence-corrected chi connectivity index (χ3v) is 4.77. The molecule has 8 nitrogen and oxygen atoms in total. The van der Waals surface area contributed by atoms with Crippen molar-refractivity contribution in [1.82, 2.24) is 20.3 Å². The van der Waals surface area contributed by atoms with Gasteiger partial charge in [-0.1, -0.05) is 0 Å². The minimum Gasteiger partial charge on any atom is -0.369 e. The van der Waals surface area contributed by atoms with E-state index in [2.05, 4.69) is 60.1 Å². The minimum atomic E-state index is 0.558.